The Morgan fingerprint density at radius 2 is 1.88 bits per heavy atom. The van der Waals surface area contributed by atoms with E-state index in [2.05, 4.69) is 10.2 Å². The summed E-state index contributed by atoms with van der Waals surface area (Å²) in [5, 5.41) is 13.3. The predicted octanol–water partition coefficient (Wildman–Crippen LogP) is 2.68. The molecule has 0 atom stereocenters. The van der Waals surface area contributed by atoms with Crippen LogP contribution in [-0.2, 0) is 9.53 Å². The Kier molecular flexibility index (Phi) is 5.10. The van der Waals surface area contributed by atoms with Crippen LogP contribution in [0.15, 0.2) is 46.9 Å². The number of benzene rings is 1. The van der Waals surface area contributed by atoms with E-state index in [1.54, 1.807) is 0 Å². The average molecular weight is 343 g/mol. The van der Waals surface area contributed by atoms with E-state index in [4.69, 9.17) is 9.15 Å². The van der Waals surface area contributed by atoms with E-state index >= 15 is 0 Å². The highest BCUT2D eigenvalue weighted by atomic mass is 16.6. The second-order valence-electron chi connectivity index (χ2n) is 5.40. The molecule has 8 heteroatoms. The van der Waals surface area contributed by atoms with E-state index in [9.17, 15) is 14.9 Å². The molecule has 2 heterocycles. The summed E-state index contributed by atoms with van der Waals surface area (Å²) in [6.07, 6.45) is 2.64. The molecule has 0 bridgehead atoms. The monoisotopic (exact) mass is 343 g/mol. The van der Waals surface area contributed by atoms with Crippen LogP contribution in [0.3, 0.4) is 0 Å². The van der Waals surface area contributed by atoms with Gasteiger partial charge in [0.2, 0.25) is 5.91 Å². The third-order valence-corrected chi connectivity index (χ3v) is 3.70. The number of nitrogens with zero attached hydrogens (tertiary/aromatic N) is 2. The Morgan fingerprint density at radius 3 is 2.52 bits per heavy atom. The molecule has 8 nitrogen and oxygen atoms in total. The SMILES string of the molecule is O=C(/C=C/c1ccc([N+](=O)[O-])o1)Nc1ccc(N2CCOCC2)cc1. The molecular formula is C17H17N3O5. The highest BCUT2D eigenvalue weighted by molar-refractivity contribution is 6.01. The molecule has 1 aromatic heterocycles. The van der Waals surface area contributed by atoms with Crippen molar-refractivity contribution in [1.82, 2.24) is 0 Å². The molecular weight excluding hydrogens is 326 g/mol. The van der Waals surface area contributed by atoms with Crippen LogP contribution in [0, 0.1) is 10.1 Å². The molecule has 1 amide bonds. The molecule has 1 aliphatic heterocycles. The number of morpholine rings is 1. The summed E-state index contributed by atoms with van der Waals surface area (Å²) in [6.45, 7) is 3.13. The van der Waals surface area contributed by atoms with E-state index in [-0.39, 0.29) is 17.6 Å². The Morgan fingerprint density at radius 1 is 1.16 bits per heavy atom. The summed E-state index contributed by atoms with van der Waals surface area (Å²) in [6, 6.07) is 10.2. The van der Waals surface area contributed by atoms with Crippen molar-refractivity contribution in [3.63, 3.8) is 0 Å². The largest absolute Gasteiger partial charge is 0.433 e. The van der Waals surface area contributed by atoms with Gasteiger partial charge in [0, 0.05) is 30.5 Å². The van der Waals surface area contributed by atoms with Gasteiger partial charge in [0.25, 0.3) is 0 Å². The second kappa shape index (κ2) is 7.63. The van der Waals surface area contributed by atoms with Crippen molar-refractivity contribution < 1.29 is 18.9 Å². The van der Waals surface area contributed by atoms with Crippen LogP contribution in [0.25, 0.3) is 6.08 Å². The maximum atomic E-state index is 11.9. The topological polar surface area (TPSA) is 97.8 Å². The van der Waals surface area contributed by atoms with Crippen LogP contribution >= 0.6 is 0 Å². The summed E-state index contributed by atoms with van der Waals surface area (Å²) in [5.74, 6) is -0.471. The zero-order valence-electron chi connectivity index (χ0n) is 13.4. The zero-order chi connectivity index (χ0) is 17.6. The second-order valence-corrected chi connectivity index (χ2v) is 5.40. The Hall–Kier alpha value is -3.13. The summed E-state index contributed by atoms with van der Waals surface area (Å²) < 4.78 is 10.3. The maximum absolute atomic E-state index is 11.9. The third-order valence-electron chi connectivity index (χ3n) is 3.70. The Bertz CT molecular complexity index is 776. The molecule has 2 aromatic rings. The number of rotatable bonds is 5. The van der Waals surface area contributed by atoms with Crippen molar-refractivity contribution in [2.24, 2.45) is 0 Å². The van der Waals surface area contributed by atoms with Gasteiger partial charge in [-0.25, -0.2) is 0 Å². The van der Waals surface area contributed by atoms with Gasteiger partial charge in [0.15, 0.2) is 0 Å². The van der Waals surface area contributed by atoms with Gasteiger partial charge in [-0.15, -0.1) is 0 Å². The predicted molar refractivity (Wildman–Crippen MR) is 92.5 cm³/mol. The minimum Gasteiger partial charge on any atom is -0.401 e. The van der Waals surface area contributed by atoms with Gasteiger partial charge >= 0.3 is 5.88 Å². The van der Waals surface area contributed by atoms with Gasteiger partial charge in [0.1, 0.15) is 10.7 Å². The van der Waals surface area contributed by atoms with Crippen LogP contribution < -0.4 is 10.2 Å². The average Bonchev–Trinajstić information content (AvgIpc) is 3.11. The zero-order valence-corrected chi connectivity index (χ0v) is 13.4. The smallest absolute Gasteiger partial charge is 0.401 e. The fourth-order valence-corrected chi connectivity index (χ4v) is 2.45. The van der Waals surface area contributed by atoms with Crippen molar-refractivity contribution in [2.45, 2.75) is 0 Å². The first-order valence-electron chi connectivity index (χ1n) is 7.78. The Labute approximate surface area is 143 Å². The van der Waals surface area contributed by atoms with E-state index in [1.807, 2.05) is 24.3 Å². The maximum Gasteiger partial charge on any atom is 0.433 e. The van der Waals surface area contributed by atoms with Gasteiger partial charge in [-0.2, -0.15) is 0 Å². The summed E-state index contributed by atoms with van der Waals surface area (Å²) in [4.78, 5) is 24.0. The number of amides is 1. The molecule has 1 N–H and O–H groups in total. The van der Waals surface area contributed by atoms with Crippen molar-refractivity contribution in [2.75, 3.05) is 36.5 Å². The normalized spacial score (nSPS) is 14.6. The molecule has 1 fully saturated rings. The fraction of sp³-hybridized carbons (Fsp3) is 0.235. The quantitative estimate of drug-likeness (QED) is 0.509. The molecule has 0 radical (unpaired) electrons. The van der Waals surface area contributed by atoms with Crippen molar-refractivity contribution >= 4 is 29.2 Å². The van der Waals surface area contributed by atoms with Crippen molar-refractivity contribution in [1.29, 1.82) is 0 Å². The van der Waals surface area contributed by atoms with E-state index in [0.29, 0.717) is 18.9 Å². The molecule has 0 spiro atoms. The highest BCUT2D eigenvalue weighted by Gasteiger charge is 2.11. The number of nitro groups is 1. The van der Waals surface area contributed by atoms with Crippen LogP contribution in [-0.4, -0.2) is 37.1 Å². The van der Waals surface area contributed by atoms with Crippen molar-refractivity contribution in [3.8, 4) is 0 Å². The minimum absolute atomic E-state index is 0.240. The number of ether oxygens (including phenoxy) is 1. The molecule has 1 aromatic carbocycles. The third kappa shape index (κ3) is 4.45. The molecule has 1 saturated heterocycles. The molecule has 1 aliphatic rings. The highest BCUT2D eigenvalue weighted by Crippen LogP contribution is 2.19. The van der Waals surface area contributed by atoms with Crippen molar-refractivity contribution in [3.05, 3.63) is 58.3 Å². The van der Waals surface area contributed by atoms with Gasteiger partial charge in [-0.1, -0.05) is 0 Å². The number of hydrogen-bond acceptors (Lipinski definition) is 6. The van der Waals surface area contributed by atoms with Crippen LogP contribution in [0.5, 0.6) is 0 Å². The first kappa shape index (κ1) is 16.7. The minimum atomic E-state index is -0.632. The molecule has 0 aliphatic carbocycles. The summed E-state index contributed by atoms with van der Waals surface area (Å²) in [7, 11) is 0. The van der Waals surface area contributed by atoms with Gasteiger partial charge in [0.05, 0.1) is 19.3 Å². The first-order chi connectivity index (χ1) is 12.1. The van der Waals surface area contributed by atoms with Gasteiger partial charge < -0.3 is 19.4 Å². The molecule has 25 heavy (non-hydrogen) atoms. The molecule has 130 valence electrons. The van der Waals surface area contributed by atoms with Crippen LogP contribution in [0.4, 0.5) is 17.3 Å². The number of anilines is 2. The number of furan rings is 1. The van der Waals surface area contributed by atoms with Crippen LogP contribution in [0.2, 0.25) is 0 Å². The van der Waals surface area contributed by atoms with Gasteiger partial charge in [-0.05, 0) is 36.4 Å². The lowest BCUT2D eigenvalue weighted by atomic mass is 10.2. The first-order valence-corrected chi connectivity index (χ1v) is 7.78. The summed E-state index contributed by atoms with van der Waals surface area (Å²) >= 11 is 0. The number of carbonyl (C=O) groups is 1. The van der Waals surface area contributed by atoms with E-state index < -0.39 is 4.92 Å². The Balaban J connectivity index is 1.56. The molecule has 0 unspecified atom stereocenters. The number of carbonyl (C=O) groups excluding carboxylic acids is 1. The lowest BCUT2D eigenvalue weighted by Gasteiger charge is -2.28. The standard InChI is InChI=1S/C17H17N3O5/c21-16(7-5-15-6-8-17(25-15)20(22)23)18-13-1-3-14(4-2-13)19-9-11-24-12-10-19/h1-8H,9-12H2,(H,18,21)/b7-5+. The lowest BCUT2D eigenvalue weighted by Crippen LogP contribution is -2.36. The fourth-order valence-electron chi connectivity index (χ4n) is 2.45. The molecule has 3 rings (SSSR count). The van der Waals surface area contributed by atoms with Gasteiger partial charge in [-0.3, -0.25) is 14.9 Å². The lowest BCUT2D eigenvalue weighted by molar-refractivity contribution is -0.402. The van der Waals surface area contributed by atoms with E-state index in [0.717, 1.165) is 18.8 Å². The van der Waals surface area contributed by atoms with E-state index in [1.165, 1.54) is 24.3 Å². The number of nitrogens with one attached hydrogen (secondary N) is 1. The summed E-state index contributed by atoms with van der Waals surface area (Å²) in [5.41, 5.74) is 1.75. The number of hydrogen-bond donors (Lipinski definition) is 1. The van der Waals surface area contributed by atoms with Crippen LogP contribution in [0.1, 0.15) is 5.76 Å². The molecule has 0 saturated carbocycles.